The second-order valence-electron chi connectivity index (χ2n) is 4.90. The molecule has 0 heteroatoms. The zero-order chi connectivity index (χ0) is 9.56. The quantitative estimate of drug-likeness (QED) is 0.515. The van der Waals surface area contributed by atoms with Gasteiger partial charge in [0.25, 0.3) is 0 Å². The SMILES string of the molecule is CC(C)CCCC[C@@H](C)C(C)C. The average molecular weight is 170 g/mol. The van der Waals surface area contributed by atoms with Crippen LogP contribution in [0, 0.1) is 17.8 Å². The van der Waals surface area contributed by atoms with Crippen molar-refractivity contribution in [3.63, 3.8) is 0 Å². The zero-order valence-electron chi connectivity index (χ0n) is 9.56. The normalized spacial score (nSPS) is 14.2. The lowest BCUT2D eigenvalue weighted by Gasteiger charge is -2.15. The van der Waals surface area contributed by atoms with E-state index in [1.165, 1.54) is 25.7 Å². The summed E-state index contributed by atoms with van der Waals surface area (Å²) in [5.41, 5.74) is 0. The molecule has 0 fully saturated rings. The fourth-order valence-corrected chi connectivity index (χ4v) is 1.35. The Hall–Kier alpha value is 0. The van der Waals surface area contributed by atoms with E-state index in [1.54, 1.807) is 0 Å². The molecule has 0 rings (SSSR count). The van der Waals surface area contributed by atoms with Crippen molar-refractivity contribution < 1.29 is 0 Å². The summed E-state index contributed by atoms with van der Waals surface area (Å²) in [5, 5.41) is 0. The summed E-state index contributed by atoms with van der Waals surface area (Å²) in [5.74, 6) is 2.67. The van der Waals surface area contributed by atoms with E-state index in [4.69, 9.17) is 0 Å². The van der Waals surface area contributed by atoms with Crippen LogP contribution < -0.4 is 0 Å². The molecule has 0 bridgehead atoms. The van der Waals surface area contributed by atoms with Gasteiger partial charge in [0.15, 0.2) is 0 Å². The molecule has 0 unspecified atom stereocenters. The first-order valence-electron chi connectivity index (χ1n) is 5.54. The van der Waals surface area contributed by atoms with Crippen molar-refractivity contribution >= 4 is 0 Å². The van der Waals surface area contributed by atoms with E-state index in [-0.39, 0.29) is 0 Å². The summed E-state index contributed by atoms with van der Waals surface area (Å²) in [6, 6.07) is 0. The van der Waals surface area contributed by atoms with Gasteiger partial charge in [-0.15, -0.1) is 0 Å². The van der Waals surface area contributed by atoms with Crippen LogP contribution in [0.3, 0.4) is 0 Å². The first kappa shape index (κ1) is 12.0. The molecule has 0 aliphatic heterocycles. The molecule has 0 aromatic rings. The summed E-state index contributed by atoms with van der Waals surface area (Å²) in [6.07, 6.45) is 5.68. The Morgan fingerprint density at radius 1 is 0.750 bits per heavy atom. The van der Waals surface area contributed by atoms with E-state index in [2.05, 4.69) is 34.6 Å². The lowest BCUT2D eigenvalue weighted by Crippen LogP contribution is -2.03. The highest BCUT2D eigenvalue weighted by Gasteiger charge is 2.05. The smallest absolute Gasteiger partial charge is 0.0420 e. The highest BCUT2D eigenvalue weighted by molar-refractivity contribution is 4.57. The topological polar surface area (TPSA) is 0 Å². The molecule has 0 aliphatic rings. The van der Waals surface area contributed by atoms with Crippen LogP contribution in [0.25, 0.3) is 0 Å². The molecule has 0 N–H and O–H groups in total. The Bertz CT molecular complexity index is 92.2. The molecule has 0 aromatic carbocycles. The van der Waals surface area contributed by atoms with Crippen LogP contribution in [0.5, 0.6) is 0 Å². The van der Waals surface area contributed by atoms with Crippen LogP contribution in [-0.2, 0) is 0 Å². The second-order valence-corrected chi connectivity index (χ2v) is 4.90. The zero-order valence-corrected chi connectivity index (χ0v) is 9.56. The van der Waals surface area contributed by atoms with E-state index in [0.717, 1.165) is 17.8 Å². The summed E-state index contributed by atoms with van der Waals surface area (Å²) < 4.78 is 0. The van der Waals surface area contributed by atoms with Crippen LogP contribution in [0.2, 0.25) is 0 Å². The van der Waals surface area contributed by atoms with Gasteiger partial charge in [0.1, 0.15) is 0 Å². The van der Waals surface area contributed by atoms with Gasteiger partial charge in [0.05, 0.1) is 0 Å². The first-order chi connectivity index (χ1) is 5.54. The van der Waals surface area contributed by atoms with Crippen molar-refractivity contribution in [2.75, 3.05) is 0 Å². The van der Waals surface area contributed by atoms with Crippen molar-refractivity contribution in [3.05, 3.63) is 0 Å². The highest BCUT2D eigenvalue weighted by atomic mass is 14.1. The van der Waals surface area contributed by atoms with E-state index < -0.39 is 0 Å². The van der Waals surface area contributed by atoms with Crippen molar-refractivity contribution in [1.82, 2.24) is 0 Å². The predicted molar refractivity (Wildman–Crippen MR) is 57.3 cm³/mol. The van der Waals surface area contributed by atoms with E-state index >= 15 is 0 Å². The minimum absolute atomic E-state index is 0.865. The molecule has 0 amide bonds. The Balaban J connectivity index is 3.20. The summed E-state index contributed by atoms with van der Waals surface area (Å²) >= 11 is 0. The molecular weight excluding hydrogens is 144 g/mol. The number of unbranched alkanes of at least 4 members (excludes halogenated alkanes) is 1. The Labute approximate surface area is 78.8 Å². The summed E-state index contributed by atoms with van der Waals surface area (Å²) in [6.45, 7) is 11.7. The monoisotopic (exact) mass is 170 g/mol. The number of hydrogen-bond donors (Lipinski definition) is 0. The standard InChI is InChI=1S/C12H26/c1-10(2)8-6-7-9-12(5)11(3)4/h10-12H,6-9H2,1-5H3/t12-/m1/s1. The fourth-order valence-electron chi connectivity index (χ4n) is 1.35. The third kappa shape index (κ3) is 6.69. The maximum atomic E-state index is 2.38. The van der Waals surface area contributed by atoms with Crippen molar-refractivity contribution in [3.8, 4) is 0 Å². The maximum absolute atomic E-state index is 2.38. The molecule has 0 saturated heterocycles. The van der Waals surface area contributed by atoms with Gasteiger partial charge in [-0.1, -0.05) is 60.3 Å². The van der Waals surface area contributed by atoms with Gasteiger partial charge in [0, 0.05) is 0 Å². The summed E-state index contributed by atoms with van der Waals surface area (Å²) in [4.78, 5) is 0. The van der Waals surface area contributed by atoms with Gasteiger partial charge in [-0.05, 0) is 17.8 Å². The molecule has 0 nitrogen and oxygen atoms in total. The molecule has 74 valence electrons. The number of rotatable bonds is 6. The van der Waals surface area contributed by atoms with Crippen LogP contribution >= 0.6 is 0 Å². The minimum atomic E-state index is 0.865. The summed E-state index contributed by atoms with van der Waals surface area (Å²) in [7, 11) is 0. The van der Waals surface area contributed by atoms with E-state index in [0.29, 0.717) is 0 Å². The molecule has 0 spiro atoms. The predicted octanol–water partition coefficient (Wildman–Crippen LogP) is 4.49. The van der Waals surface area contributed by atoms with Crippen LogP contribution in [0.15, 0.2) is 0 Å². The van der Waals surface area contributed by atoms with E-state index in [9.17, 15) is 0 Å². The van der Waals surface area contributed by atoms with E-state index in [1.807, 2.05) is 0 Å². The molecule has 0 aromatic heterocycles. The second kappa shape index (κ2) is 6.51. The maximum Gasteiger partial charge on any atom is -0.0420 e. The lowest BCUT2D eigenvalue weighted by atomic mass is 9.91. The molecule has 12 heavy (non-hydrogen) atoms. The van der Waals surface area contributed by atoms with Crippen molar-refractivity contribution in [1.29, 1.82) is 0 Å². The van der Waals surface area contributed by atoms with Gasteiger partial charge in [-0.2, -0.15) is 0 Å². The molecule has 0 aliphatic carbocycles. The van der Waals surface area contributed by atoms with Gasteiger partial charge in [-0.3, -0.25) is 0 Å². The van der Waals surface area contributed by atoms with Gasteiger partial charge >= 0.3 is 0 Å². The van der Waals surface area contributed by atoms with Crippen molar-refractivity contribution in [2.45, 2.75) is 60.3 Å². The van der Waals surface area contributed by atoms with Crippen LogP contribution in [-0.4, -0.2) is 0 Å². The molecular formula is C12H26. The largest absolute Gasteiger partial charge is 0.0628 e. The Morgan fingerprint density at radius 2 is 1.25 bits per heavy atom. The lowest BCUT2D eigenvalue weighted by molar-refractivity contribution is 0.370. The minimum Gasteiger partial charge on any atom is -0.0628 e. The number of hydrogen-bond acceptors (Lipinski definition) is 0. The third-order valence-electron chi connectivity index (χ3n) is 2.83. The highest BCUT2D eigenvalue weighted by Crippen LogP contribution is 2.18. The Morgan fingerprint density at radius 3 is 1.67 bits per heavy atom. The van der Waals surface area contributed by atoms with Crippen LogP contribution in [0.1, 0.15) is 60.3 Å². The first-order valence-corrected chi connectivity index (χ1v) is 5.54. The third-order valence-corrected chi connectivity index (χ3v) is 2.83. The fraction of sp³-hybridized carbons (Fsp3) is 1.00. The molecule has 1 atom stereocenters. The van der Waals surface area contributed by atoms with Gasteiger partial charge in [-0.25, -0.2) is 0 Å². The Kier molecular flexibility index (Phi) is 6.51. The van der Waals surface area contributed by atoms with Gasteiger partial charge in [0.2, 0.25) is 0 Å². The van der Waals surface area contributed by atoms with Crippen LogP contribution in [0.4, 0.5) is 0 Å². The van der Waals surface area contributed by atoms with Crippen molar-refractivity contribution in [2.24, 2.45) is 17.8 Å². The molecule has 0 radical (unpaired) electrons. The molecule has 0 saturated carbocycles. The van der Waals surface area contributed by atoms with Gasteiger partial charge < -0.3 is 0 Å². The average Bonchev–Trinajstić information content (AvgIpc) is 1.97. The molecule has 0 heterocycles.